The van der Waals surface area contributed by atoms with Crippen molar-refractivity contribution in [1.82, 2.24) is 0 Å². The van der Waals surface area contributed by atoms with Crippen LogP contribution in [0.5, 0.6) is 0 Å². The molecule has 2 aliphatic rings. The number of piperidine rings is 1. The van der Waals surface area contributed by atoms with Crippen LogP contribution in [0.3, 0.4) is 0 Å². The number of nitrogens with two attached hydrogens (primary N) is 1. The molecule has 1 saturated heterocycles. The van der Waals surface area contributed by atoms with E-state index in [1.54, 1.807) is 0 Å². The second-order valence-electron chi connectivity index (χ2n) is 6.51. The second-order valence-corrected chi connectivity index (χ2v) is 7.36. The molecule has 110 valence electrons. The van der Waals surface area contributed by atoms with Crippen LogP contribution in [0.1, 0.15) is 44.1 Å². The van der Waals surface area contributed by atoms with Crippen LogP contribution in [0.25, 0.3) is 0 Å². The van der Waals surface area contributed by atoms with Crippen LogP contribution in [0.15, 0.2) is 22.7 Å². The summed E-state index contributed by atoms with van der Waals surface area (Å²) in [6.45, 7) is 3.16. The fourth-order valence-corrected chi connectivity index (χ4v) is 4.52. The molecule has 0 atom stereocenters. The van der Waals surface area contributed by atoms with Gasteiger partial charge in [0.2, 0.25) is 0 Å². The third kappa shape index (κ3) is 2.89. The maximum atomic E-state index is 5.65. The molecule has 0 amide bonds. The van der Waals surface area contributed by atoms with Gasteiger partial charge in [0.15, 0.2) is 0 Å². The highest BCUT2D eigenvalue weighted by Crippen LogP contribution is 2.46. The first-order chi connectivity index (χ1) is 9.72. The van der Waals surface area contributed by atoms with E-state index >= 15 is 0 Å². The van der Waals surface area contributed by atoms with Gasteiger partial charge in [0, 0.05) is 23.2 Å². The Hall–Kier alpha value is -0.540. The molecule has 0 bridgehead atoms. The van der Waals surface area contributed by atoms with Gasteiger partial charge in [-0.05, 0) is 61.8 Å². The lowest BCUT2D eigenvalue weighted by molar-refractivity contribution is 0.226. The van der Waals surface area contributed by atoms with Crippen LogP contribution in [-0.4, -0.2) is 19.6 Å². The molecule has 0 unspecified atom stereocenters. The monoisotopic (exact) mass is 336 g/mol. The van der Waals surface area contributed by atoms with Gasteiger partial charge in [-0.2, -0.15) is 0 Å². The molecule has 1 spiro atoms. The van der Waals surface area contributed by atoms with Gasteiger partial charge < -0.3 is 10.6 Å². The Labute approximate surface area is 130 Å². The number of rotatable bonds is 3. The number of benzene rings is 1. The van der Waals surface area contributed by atoms with Gasteiger partial charge in [-0.3, -0.25) is 0 Å². The largest absolute Gasteiger partial charge is 0.371 e. The fourth-order valence-electron chi connectivity index (χ4n) is 3.96. The normalized spacial score (nSPS) is 21.6. The molecular formula is C17H25BrN2. The molecule has 1 saturated carbocycles. The zero-order chi connectivity index (χ0) is 14.0. The molecule has 1 aliphatic carbocycles. The Morgan fingerprint density at radius 3 is 2.40 bits per heavy atom. The van der Waals surface area contributed by atoms with Crippen molar-refractivity contribution < 1.29 is 0 Å². The minimum absolute atomic E-state index is 0.702. The Kier molecular flexibility index (Phi) is 4.37. The highest BCUT2D eigenvalue weighted by molar-refractivity contribution is 9.10. The minimum atomic E-state index is 0.702. The highest BCUT2D eigenvalue weighted by Gasteiger charge is 2.36. The van der Waals surface area contributed by atoms with Crippen molar-refractivity contribution in [3.8, 4) is 0 Å². The lowest BCUT2D eigenvalue weighted by Crippen LogP contribution is -2.38. The van der Waals surface area contributed by atoms with Crippen LogP contribution in [0.4, 0.5) is 5.69 Å². The van der Waals surface area contributed by atoms with Crippen molar-refractivity contribution in [2.24, 2.45) is 11.1 Å². The average Bonchev–Trinajstić information content (AvgIpc) is 2.91. The predicted molar refractivity (Wildman–Crippen MR) is 89.2 cm³/mol. The molecule has 0 aromatic heterocycles. The molecule has 1 heterocycles. The summed E-state index contributed by atoms with van der Waals surface area (Å²) in [7, 11) is 0. The zero-order valence-corrected chi connectivity index (χ0v) is 13.8. The number of halogens is 1. The summed E-state index contributed by atoms with van der Waals surface area (Å²) < 4.78 is 1.21. The summed E-state index contributed by atoms with van der Waals surface area (Å²) in [5, 5.41) is 0. The van der Waals surface area contributed by atoms with E-state index in [2.05, 4.69) is 39.0 Å². The molecule has 3 heteroatoms. The van der Waals surface area contributed by atoms with E-state index in [4.69, 9.17) is 5.73 Å². The average molecular weight is 337 g/mol. The fraction of sp³-hybridized carbons (Fsp3) is 0.647. The van der Waals surface area contributed by atoms with E-state index in [0.717, 1.165) is 6.42 Å². The van der Waals surface area contributed by atoms with E-state index in [9.17, 15) is 0 Å². The third-order valence-corrected chi connectivity index (χ3v) is 6.04. The van der Waals surface area contributed by atoms with Gasteiger partial charge in [0.05, 0.1) is 0 Å². The van der Waals surface area contributed by atoms with Crippen molar-refractivity contribution in [1.29, 1.82) is 0 Å². The third-order valence-electron chi connectivity index (χ3n) is 5.30. The predicted octanol–water partition coefficient (Wildman–Crippen LogP) is 4.11. The number of anilines is 1. The molecule has 20 heavy (non-hydrogen) atoms. The van der Waals surface area contributed by atoms with Crippen LogP contribution < -0.4 is 10.6 Å². The first-order valence-electron chi connectivity index (χ1n) is 7.96. The Morgan fingerprint density at radius 1 is 1.10 bits per heavy atom. The van der Waals surface area contributed by atoms with Gasteiger partial charge in [-0.1, -0.05) is 34.8 Å². The van der Waals surface area contributed by atoms with Crippen molar-refractivity contribution in [2.45, 2.75) is 44.9 Å². The molecular weight excluding hydrogens is 312 g/mol. The van der Waals surface area contributed by atoms with Crippen LogP contribution in [0.2, 0.25) is 0 Å². The summed E-state index contributed by atoms with van der Waals surface area (Å²) in [5.74, 6) is 0. The summed E-state index contributed by atoms with van der Waals surface area (Å²) in [5.41, 5.74) is 9.03. The molecule has 1 aromatic carbocycles. The summed E-state index contributed by atoms with van der Waals surface area (Å²) in [6.07, 6.45) is 9.58. The number of hydrogen-bond acceptors (Lipinski definition) is 2. The molecule has 2 N–H and O–H groups in total. The Balaban J connectivity index is 1.67. The van der Waals surface area contributed by atoms with Crippen LogP contribution >= 0.6 is 15.9 Å². The van der Waals surface area contributed by atoms with E-state index in [1.807, 2.05) is 0 Å². The number of nitrogens with zero attached hydrogens (tertiary/aromatic N) is 1. The van der Waals surface area contributed by atoms with Crippen molar-refractivity contribution >= 4 is 21.6 Å². The molecule has 2 fully saturated rings. The van der Waals surface area contributed by atoms with Crippen molar-refractivity contribution in [2.75, 3.05) is 24.5 Å². The van der Waals surface area contributed by atoms with Gasteiger partial charge in [0.1, 0.15) is 0 Å². The van der Waals surface area contributed by atoms with Gasteiger partial charge in [0.25, 0.3) is 0 Å². The molecule has 2 nitrogen and oxygen atoms in total. The standard InChI is InChI=1S/C17H25BrN2/c18-16-13-15(4-3-14(16)5-10-19)20-11-8-17(9-12-20)6-1-2-7-17/h3-4,13H,1-2,5-12,19H2. The van der Waals surface area contributed by atoms with Gasteiger partial charge in [-0.15, -0.1) is 0 Å². The number of hydrogen-bond donors (Lipinski definition) is 1. The SMILES string of the molecule is NCCc1ccc(N2CCC3(CCCC3)CC2)cc1Br. The molecule has 1 aliphatic heterocycles. The molecule has 1 aromatic rings. The summed E-state index contributed by atoms with van der Waals surface area (Å²) in [6, 6.07) is 6.77. The lowest BCUT2D eigenvalue weighted by Gasteiger charge is -2.40. The van der Waals surface area contributed by atoms with Gasteiger partial charge in [-0.25, -0.2) is 0 Å². The first kappa shape index (κ1) is 14.4. The lowest BCUT2D eigenvalue weighted by atomic mass is 9.77. The highest BCUT2D eigenvalue weighted by atomic mass is 79.9. The smallest absolute Gasteiger partial charge is 0.0377 e. The van der Waals surface area contributed by atoms with Crippen molar-refractivity contribution in [3.63, 3.8) is 0 Å². The Morgan fingerprint density at radius 2 is 1.80 bits per heavy atom. The Bertz CT molecular complexity index is 456. The van der Waals surface area contributed by atoms with Crippen LogP contribution in [-0.2, 0) is 6.42 Å². The summed E-state index contributed by atoms with van der Waals surface area (Å²) in [4.78, 5) is 2.56. The molecule has 0 radical (unpaired) electrons. The maximum Gasteiger partial charge on any atom is 0.0377 e. The first-order valence-corrected chi connectivity index (χ1v) is 8.75. The topological polar surface area (TPSA) is 29.3 Å². The maximum absolute atomic E-state index is 5.65. The van der Waals surface area contributed by atoms with E-state index < -0.39 is 0 Å². The second kappa shape index (κ2) is 6.07. The van der Waals surface area contributed by atoms with E-state index in [0.29, 0.717) is 12.0 Å². The zero-order valence-electron chi connectivity index (χ0n) is 12.2. The van der Waals surface area contributed by atoms with E-state index in [-0.39, 0.29) is 0 Å². The molecule has 3 rings (SSSR count). The van der Waals surface area contributed by atoms with Crippen LogP contribution in [0, 0.1) is 5.41 Å². The van der Waals surface area contributed by atoms with Crippen molar-refractivity contribution in [3.05, 3.63) is 28.2 Å². The summed E-state index contributed by atoms with van der Waals surface area (Å²) >= 11 is 3.69. The van der Waals surface area contributed by atoms with Gasteiger partial charge >= 0.3 is 0 Å². The quantitative estimate of drug-likeness (QED) is 0.899. The minimum Gasteiger partial charge on any atom is -0.371 e. The van der Waals surface area contributed by atoms with E-state index in [1.165, 1.54) is 67.3 Å².